The molecule has 0 atom stereocenters. The molecule has 0 saturated heterocycles. The minimum absolute atomic E-state index is 0.0277. The third-order valence-electron chi connectivity index (χ3n) is 2.48. The number of carbonyl (C=O) groups is 2. The molecule has 1 aliphatic heterocycles. The van der Waals surface area contributed by atoms with E-state index in [9.17, 15) is 14.7 Å². The van der Waals surface area contributed by atoms with Crippen LogP contribution >= 0.6 is 0 Å². The SMILES string of the molecule is COC(=O)c1ccc2c(c1O)C(=O)OCC2. The number of esters is 2. The lowest BCUT2D eigenvalue weighted by Crippen LogP contribution is -2.19. The first kappa shape index (κ1) is 10.5. The van der Waals surface area contributed by atoms with E-state index < -0.39 is 11.9 Å². The molecule has 16 heavy (non-hydrogen) atoms. The molecular weight excluding hydrogens is 212 g/mol. The number of benzene rings is 1. The van der Waals surface area contributed by atoms with Crippen LogP contribution in [0.15, 0.2) is 12.1 Å². The van der Waals surface area contributed by atoms with Crippen LogP contribution in [0.2, 0.25) is 0 Å². The third-order valence-corrected chi connectivity index (χ3v) is 2.48. The van der Waals surface area contributed by atoms with E-state index in [-0.39, 0.29) is 16.9 Å². The van der Waals surface area contributed by atoms with Gasteiger partial charge in [-0.25, -0.2) is 9.59 Å². The van der Waals surface area contributed by atoms with Crippen LogP contribution in [0.4, 0.5) is 0 Å². The van der Waals surface area contributed by atoms with Crippen molar-refractivity contribution in [1.82, 2.24) is 0 Å². The van der Waals surface area contributed by atoms with Gasteiger partial charge < -0.3 is 14.6 Å². The van der Waals surface area contributed by atoms with Gasteiger partial charge in [-0.3, -0.25) is 0 Å². The van der Waals surface area contributed by atoms with E-state index >= 15 is 0 Å². The topological polar surface area (TPSA) is 72.8 Å². The van der Waals surface area contributed by atoms with Crippen molar-refractivity contribution in [3.8, 4) is 5.75 Å². The van der Waals surface area contributed by atoms with E-state index in [1.165, 1.54) is 13.2 Å². The van der Waals surface area contributed by atoms with E-state index in [2.05, 4.69) is 4.74 Å². The van der Waals surface area contributed by atoms with Crippen molar-refractivity contribution >= 4 is 11.9 Å². The predicted octanol–water partition coefficient (Wildman–Crippen LogP) is 0.892. The van der Waals surface area contributed by atoms with Crippen molar-refractivity contribution in [3.05, 3.63) is 28.8 Å². The van der Waals surface area contributed by atoms with Crippen LogP contribution < -0.4 is 0 Å². The average Bonchev–Trinajstić information content (AvgIpc) is 2.28. The maximum absolute atomic E-state index is 11.4. The van der Waals surface area contributed by atoms with Crippen LogP contribution in [0.3, 0.4) is 0 Å². The molecular formula is C11H10O5. The molecule has 5 heteroatoms. The fourth-order valence-corrected chi connectivity index (χ4v) is 1.67. The quantitative estimate of drug-likeness (QED) is 0.714. The molecule has 0 radical (unpaired) electrons. The number of hydrogen-bond donors (Lipinski definition) is 1. The Morgan fingerprint density at radius 3 is 2.94 bits per heavy atom. The van der Waals surface area contributed by atoms with Crippen LogP contribution in [0.25, 0.3) is 0 Å². The molecule has 0 amide bonds. The second kappa shape index (κ2) is 3.84. The molecule has 0 bridgehead atoms. The maximum Gasteiger partial charge on any atom is 0.342 e. The molecule has 1 aliphatic rings. The van der Waals surface area contributed by atoms with Crippen LogP contribution in [-0.4, -0.2) is 30.8 Å². The molecule has 84 valence electrons. The monoisotopic (exact) mass is 222 g/mol. The Morgan fingerprint density at radius 1 is 1.50 bits per heavy atom. The molecule has 1 N–H and O–H groups in total. The fourth-order valence-electron chi connectivity index (χ4n) is 1.67. The molecule has 0 aromatic heterocycles. The molecule has 0 unspecified atom stereocenters. The summed E-state index contributed by atoms with van der Waals surface area (Å²) in [4.78, 5) is 22.7. The van der Waals surface area contributed by atoms with Gasteiger partial charge in [-0.15, -0.1) is 0 Å². The molecule has 0 saturated carbocycles. The van der Waals surface area contributed by atoms with Crippen molar-refractivity contribution in [1.29, 1.82) is 0 Å². The molecule has 1 aromatic carbocycles. The van der Waals surface area contributed by atoms with Gasteiger partial charge in [0.2, 0.25) is 0 Å². The summed E-state index contributed by atoms with van der Waals surface area (Å²) in [7, 11) is 1.21. The van der Waals surface area contributed by atoms with Gasteiger partial charge in [0.1, 0.15) is 16.9 Å². The molecule has 0 spiro atoms. The van der Waals surface area contributed by atoms with Gasteiger partial charge in [0, 0.05) is 6.42 Å². The lowest BCUT2D eigenvalue weighted by Gasteiger charge is -2.17. The van der Waals surface area contributed by atoms with Crippen LogP contribution in [-0.2, 0) is 15.9 Å². The van der Waals surface area contributed by atoms with Gasteiger partial charge in [-0.05, 0) is 11.6 Å². The average molecular weight is 222 g/mol. The molecule has 0 fully saturated rings. The van der Waals surface area contributed by atoms with Crippen LogP contribution in [0.1, 0.15) is 26.3 Å². The second-order valence-electron chi connectivity index (χ2n) is 3.37. The predicted molar refractivity (Wildman–Crippen MR) is 53.4 cm³/mol. The van der Waals surface area contributed by atoms with Crippen LogP contribution in [0, 0.1) is 0 Å². The second-order valence-corrected chi connectivity index (χ2v) is 3.37. The van der Waals surface area contributed by atoms with Crippen molar-refractivity contribution in [2.24, 2.45) is 0 Å². The van der Waals surface area contributed by atoms with Crippen LogP contribution in [0.5, 0.6) is 5.75 Å². The molecule has 0 aliphatic carbocycles. The summed E-state index contributed by atoms with van der Waals surface area (Å²) in [6, 6.07) is 3.07. The van der Waals surface area contributed by atoms with Gasteiger partial charge in [-0.2, -0.15) is 0 Å². The summed E-state index contributed by atoms with van der Waals surface area (Å²) in [5, 5.41) is 9.80. The zero-order valence-corrected chi connectivity index (χ0v) is 8.65. The number of ether oxygens (including phenoxy) is 2. The maximum atomic E-state index is 11.4. The third kappa shape index (κ3) is 1.50. The Kier molecular flexibility index (Phi) is 2.52. The number of hydrogen-bond acceptors (Lipinski definition) is 5. The normalized spacial score (nSPS) is 13.9. The Bertz CT molecular complexity index is 464. The minimum atomic E-state index is -0.682. The van der Waals surface area contributed by atoms with E-state index in [4.69, 9.17) is 4.74 Å². The Balaban J connectivity index is 2.57. The van der Waals surface area contributed by atoms with Crippen molar-refractivity contribution in [2.45, 2.75) is 6.42 Å². The van der Waals surface area contributed by atoms with Gasteiger partial charge >= 0.3 is 11.9 Å². The fraction of sp³-hybridized carbons (Fsp3) is 0.273. The smallest absolute Gasteiger partial charge is 0.342 e. The van der Waals surface area contributed by atoms with Gasteiger partial charge in [0.05, 0.1) is 13.7 Å². The van der Waals surface area contributed by atoms with Gasteiger partial charge in [-0.1, -0.05) is 6.07 Å². The molecule has 5 nitrogen and oxygen atoms in total. The highest BCUT2D eigenvalue weighted by Crippen LogP contribution is 2.30. The van der Waals surface area contributed by atoms with E-state index in [0.717, 1.165) is 0 Å². The summed E-state index contributed by atoms with van der Waals surface area (Å²) < 4.78 is 9.29. The standard InChI is InChI=1S/C11H10O5/c1-15-10(13)7-3-2-6-4-5-16-11(14)8(6)9(7)12/h2-3,12H,4-5H2,1H3. The number of methoxy groups -OCH3 is 1. The molecule has 2 rings (SSSR count). The number of phenolic OH excluding ortho intramolecular Hbond substituents is 1. The number of phenols is 1. The number of fused-ring (bicyclic) bond motifs is 1. The van der Waals surface area contributed by atoms with Gasteiger partial charge in [0.25, 0.3) is 0 Å². The zero-order valence-electron chi connectivity index (χ0n) is 8.65. The first-order valence-electron chi connectivity index (χ1n) is 4.75. The van der Waals surface area contributed by atoms with Gasteiger partial charge in [0.15, 0.2) is 0 Å². The first-order chi connectivity index (χ1) is 7.65. The lowest BCUT2D eigenvalue weighted by atomic mass is 9.98. The summed E-state index contributed by atoms with van der Waals surface area (Å²) in [6.07, 6.45) is 0.538. The lowest BCUT2D eigenvalue weighted by molar-refractivity contribution is 0.0476. The Hall–Kier alpha value is -2.04. The van der Waals surface area contributed by atoms with E-state index in [1.807, 2.05) is 0 Å². The summed E-state index contributed by atoms with van der Waals surface area (Å²) in [5.41, 5.74) is 0.718. The van der Waals surface area contributed by atoms with Crippen molar-refractivity contribution in [3.63, 3.8) is 0 Å². The highest BCUT2D eigenvalue weighted by molar-refractivity contribution is 6.01. The van der Waals surface area contributed by atoms with Crippen molar-refractivity contribution < 1.29 is 24.2 Å². The summed E-state index contributed by atoms with van der Waals surface area (Å²) in [6.45, 7) is 0.294. The van der Waals surface area contributed by atoms with E-state index in [1.54, 1.807) is 6.07 Å². The zero-order chi connectivity index (χ0) is 11.7. The highest BCUT2D eigenvalue weighted by atomic mass is 16.5. The number of carbonyl (C=O) groups excluding carboxylic acids is 2. The number of cyclic esters (lactones) is 1. The largest absolute Gasteiger partial charge is 0.506 e. The minimum Gasteiger partial charge on any atom is -0.506 e. The summed E-state index contributed by atoms with van der Waals surface area (Å²) in [5.74, 6) is -1.66. The first-order valence-corrected chi connectivity index (χ1v) is 4.75. The highest BCUT2D eigenvalue weighted by Gasteiger charge is 2.26. The molecule has 1 aromatic rings. The van der Waals surface area contributed by atoms with Crippen molar-refractivity contribution in [2.75, 3.05) is 13.7 Å². The Morgan fingerprint density at radius 2 is 2.25 bits per heavy atom. The Labute approximate surface area is 91.6 Å². The number of rotatable bonds is 1. The number of aromatic hydroxyl groups is 1. The summed E-state index contributed by atoms with van der Waals surface area (Å²) >= 11 is 0. The molecule has 1 heterocycles. The van der Waals surface area contributed by atoms with E-state index in [0.29, 0.717) is 18.6 Å².